The molecule has 0 saturated heterocycles. The van der Waals surface area contributed by atoms with Crippen LogP contribution in [0.2, 0.25) is 0 Å². The van der Waals surface area contributed by atoms with Crippen LogP contribution in [-0.2, 0) is 21.2 Å². The van der Waals surface area contributed by atoms with Gasteiger partial charge >= 0.3 is 0 Å². The van der Waals surface area contributed by atoms with Crippen molar-refractivity contribution >= 4 is 27.3 Å². The third kappa shape index (κ3) is 3.21. The monoisotopic (exact) mass is 336 g/mol. The van der Waals surface area contributed by atoms with Crippen LogP contribution in [0, 0.1) is 0 Å². The molecule has 7 heteroatoms. The van der Waals surface area contributed by atoms with Gasteiger partial charge in [0.25, 0.3) is 10.0 Å². The number of thiophene rings is 1. The molecule has 0 saturated carbocycles. The molecule has 2 aromatic rings. The van der Waals surface area contributed by atoms with Crippen LogP contribution in [0.4, 0.5) is 0 Å². The fraction of sp³-hybridized carbons (Fsp3) is 0.267. The van der Waals surface area contributed by atoms with Crippen LogP contribution < -0.4 is 10.0 Å². The summed E-state index contributed by atoms with van der Waals surface area (Å²) in [6.07, 6.45) is 1.78. The van der Waals surface area contributed by atoms with Gasteiger partial charge in [0.1, 0.15) is 4.21 Å². The molecule has 116 valence electrons. The Bertz CT molecular complexity index is 770. The van der Waals surface area contributed by atoms with E-state index in [0.29, 0.717) is 0 Å². The molecule has 1 heterocycles. The molecule has 2 N–H and O–H groups in total. The summed E-state index contributed by atoms with van der Waals surface area (Å²) in [5.41, 5.74) is 2.36. The van der Waals surface area contributed by atoms with Crippen molar-refractivity contribution in [3.05, 3.63) is 52.9 Å². The van der Waals surface area contributed by atoms with Gasteiger partial charge in [-0.2, -0.15) is 0 Å². The molecule has 5 nitrogen and oxygen atoms in total. The summed E-state index contributed by atoms with van der Waals surface area (Å²) in [5.74, 6) is -0.318. The van der Waals surface area contributed by atoms with E-state index in [-0.39, 0.29) is 22.7 Å². The lowest BCUT2D eigenvalue weighted by Gasteiger charge is -2.14. The van der Waals surface area contributed by atoms with Crippen LogP contribution in [0.1, 0.15) is 23.6 Å². The van der Waals surface area contributed by atoms with Crippen LogP contribution in [0.5, 0.6) is 0 Å². The molecule has 1 aliphatic rings. The van der Waals surface area contributed by atoms with Crippen LogP contribution in [0.25, 0.3) is 0 Å². The molecule has 0 fully saturated rings. The Morgan fingerprint density at radius 1 is 1.23 bits per heavy atom. The maximum Gasteiger partial charge on any atom is 0.250 e. The number of fused-ring (bicyclic) bond motifs is 1. The highest BCUT2D eigenvalue weighted by molar-refractivity contribution is 7.91. The van der Waals surface area contributed by atoms with Gasteiger partial charge in [-0.25, -0.2) is 13.1 Å². The second-order valence-corrected chi connectivity index (χ2v) is 8.06. The molecular formula is C15H16N2O3S2. The molecule has 0 bridgehead atoms. The molecule has 0 aliphatic heterocycles. The predicted molar refractivity (Wildman–Crippen MR) is 85.2 cm³/mol. The number of amides is 1. The Balaban J connectivity index is 1.58. The Morgan fingerprint density at radius 3 is 2.82 bits per heavy atom. The van der Waals surface area contributed by atoms with Crippen LogP contribution in [0.3, 0.4) is 0 Å². The summed E-state index contributed by atoms with van der Waals surface area (Å²) in [6.45, 7) is -0.251. The van der Waals surface area contributed by atoms with E-state index in [2.05, 4.69) is 16.1 Å². The molecule has 0 radical (unpaired) electrons. The number of benzene rings is 1. The van der Waals surface area contributed by atoms with Crippen molar-refractivity contribution in [3.63, 3.8) is 0 Å². The second-order valence-electron chi connectivity index (χ2n) is 5.11. The molecule has 0 unspecified atom stereocenters. The minimum Gasteiger partial charge on any atom is -0.348 e. The molecule has 1 amide bonds. The van der Waals surface area contributed by atoms with Gasteiger partial charge in [0, 0.05) is 0 Å². The predicted octanol–water partition coefficient (Wildman–Crippen LogP) is 1.83. The molecule has 22 heavy (non-hydrogen) atoms. The second kappa shape index (κ2) is 6.20. The molecular weight excluding hydrogens is 320 g/mol. The molecule has 1 aromatic carbocycles. The Hall–Kier alpha value is -1.70. The largest absolute Gasteiger partial charge is 0.348 e. The van der Waals surface area contributed by atoms with Crippen molar-refractivity contribution in [2.24, 2.45) is 0 Å². The smallest absolute Gasteiger partial charge is 0.250 e. The molecule has 1 aromatic heterocycles. The number of carbonyl (C=O) groups excluding carboxylic acids is 1. The summed E-state index contributed by atoms with van der Waals surface area (Å²) in [5, 5.41) is 4.58. The number of carbonyl (C=O) groups is 1. The van der Waals surface area contributed by atoms with E-state index in [1.54, 1.807) is 11.4 Å². The number of rotatable bonds is 5. The van der Waals surface area contributed by atoms with E-state index in [4.69, 9.17) is 0 Å². The quantitative estimate of drug-likeness (QED) is 0.875. The minimum atomic E-state index is -3.60. The zero-order valence-corrected chi connectivity index (χ0v) is 13.4. The lowest BCUT2D eigenvalue weighted by atomic mass is 10.1. The van der Waals surface area contributed by atoms with Gasteiger partial charge in [0.15, 0.2) is 0 Å². The van der Waals surface area contributed by atoms with E-state index in [0.717, 1.165) is 29.7 Å². The number of hydrogen-bond donors (Lipinski definition) is 2. The maximum atomic E-state index is 12.0. The van der Waals surface area contributed by atoms with Gasteiger partial charge in [-0.05, 0) is 35.4 Å². The van der Waals surface area contributed by atoms with Gasteiger partial charge < -0.3 is 5.32 Å². The molecule has 1 atom stereocenters. The summed E-state index contributed by atoms with van der Waals surface area (Å²) in [7, 11) is -3.60. The zero-order valence-electron chi connectivity index (χ0n) is 11.8. The average Bonchev–Trinajstić information content (AvgIpc) is 3.16. The maximum absolute atomic E-state index is 12.0. The zero-order chi connectivity index (χ0) is 15.6. The topological polar surface area (TPSA) is 75.3 Å². The van der Waals surface area contributed by atoms with Gasteiger partial charge in [0.05, 0.1) is 12.6 Å². The highest BCUT2D eigenvalue weighted by Crippen LogP contribution is 2.30. The highest BCUT2D eigenvalue weighted by Gasteiger charge is 2.24. The third-order valence-electron chi connectivity index (χ3n) is 3.65. The molecule has 1 aliphatic carbocycles. The SMILES string of the molecule is O=C(CNS(=O)(=O)c1cccs1)N[C@H]1CCc2ccccc21. The first-order chi connectivity index (χ1) is 10.6. The summed E-state index contributed by atoms with van der Waals surface area (Å²) < 4.78 is 26.4. The first-order valence-electron chi connectivity index (χ1n) is 6.96. The fourth-order valence-electron chi connectivity index (χ4n) is 2.60. The fourth-order valence-corrected chi connectivity index (χ4v) is 4.62. The number of nitrogens with one attached hydrogen (secondary N) is 2. The van der Waals surface area contributed by atoms with Crippen molar-refractivity contribution in [2.75, 3.05) is 6.54 Å². The van der Waals surface area contributed by atoms with Crippen molar-refractivity contribution in [1.82, 2.24) is 10.0 Å². The van der Waals surface area contributed by atoms with Crippen LogP contribution in [-0.4, -0.2) is 20.9 Å². The van der Waals surface area contributed by atoms with Gasteiger partial charge in [-0.3, -0.25) is 4.79 Å². The van der Waals surface area contributed by atoms with Gasteiger partial charge in [-0.15, -0.1) is 11.3 Å². The lowest BCUT2D eigenvalue weighted by molar-refractivity contribution is -0.120. The van der Waals surface area contributed by atoms with Crippen molar-refractivity contribution < 1.29 is 13.2 Å². The van der Waals surface area contributed by atoms with Crippen LogP contribution in [0.15, 0.2) is 46.0 Å². The average molecular weight is 336 g/mol. The Labute approximate surface area is 133 Å². The Morgan fingerprint density at radius 2 is 2.05 bits per heavy atom. The van der Waals surface area contributed by atoms with Gasteiger partial charge in [-0.1, -0.05) is 30.3 Å². The third-order valence-corrected chi connectivity index (χ3v) is 6.45. The lowest BCUT2D eigenvalue weighted by Crippen LogP contribution is -2.38. The highest BCUT2D eigenvalue weighted by atomic mass is 32.2. The molecule has 0 spiro atoms. The number of aryl methyl sites for hydroxylation is 1. The first-order valence-corrected chi connectivity index (χ1v) is 9.33. The number of hydrogen-bond acceptors (Lipinski definition) is 4. The van der Waals surface area contributed by atoms with Crippen molar-refractivity contribution in [2.45, 2.75) is 23.1 Å². The van der Waals surface area contributed by atoms with Crippen molar-refractivity contribution in [3.8, 4) is 0 Å². The summed E-state index contributed by atoms with van der Waals surface area (Å²) in [4.78, 5) is 12.0. The van der Waals surface area contributed by atoms with Crippen molar-refractivity contribution in [1.29, 1.82) is 0 Å². The van der Waals surface area contributed by atoms with E-state index in [1.165, 1.54) is 11.6 Å². The summed E-state index contributed by atoms with van der Waals surface area (Å²) >= 11 is 1.12. The van der Waals surface area contributed by atoms with E-state index in [9.17, 15) is 13.2 Å². The van der Waals surface area contributed by atoms with E-state index < -0.39 is 10.0 Å². The normalized spacial score (nSPS) is 17.2. The standard InChI is InChI=1S/C15H16N2O3S2/c18-14(10-16-22(19,20)15-6-3-9-21-15)17-13-8-7-11-4-1-2-5-12(11)13/h1-6,9,13,16H,7-8,10H2,(H,17,18)/t13-/m0/s1. The van der Waals surface area contributed by atoms with E-state index in [1.807, 2.05) is 18.2 Å². The number of sulfonamides is 1. The minimum absolute atomic E-state index is 0.0325. The van der Waals surface area contributed by atoms with Crippen LogP contribution >= 0.6 is 11.3 Å². The Kier molecular flexibility index (Phi) is 4.28. The summed E-state index contributed by atoms with van der Waals surface area (Å²) in [6, 6.07) is 11.1. The van der Waals surface area contributed by atoms with E-state index >= 15 is 0 Å². The first kappa shape index (κ1) is 15.2. The molecule has 3 rings (SSSR count). The van der Waals surface area contributed by atoms with Gasteiger partial charge in [0.2, 0.25) is 5.91 Å².